The summed E-state index contributed by atoms with van der Waals surface area (Å²) in [6.45, 7) is 6.33. The molecule has 1 unspecified atom stereocenters. The van der Waals surface area contributed by atoms with E-state index in [1.165, 1.54) is 12.1 Å². The molecule has 0 radical (unpaired) electrons. The number of benzene rings is 2. The summed E-state index contributed by atoms with van der Waals surface area (Å²) < 4.78 is 32.4. The van der Waals surface area contributed by atoms with E-state index in [1.807, 2.05) is 18.2 Å². The van der Waals surface area contributed by atoms with Crippen LogP contribution in [0.4, 0.5) is 8.78 Å². The molecule has 0 amide bonds. The fourth-order valence-electron chi connectivity index (χ4n) is 2.21. The predicted octanol–water partition coefficient (Wildman–Crippen LogP) is 6.81. The zero-order valence-electron chi connectivity index (χ0n) is 13.7. The summed E-state index contributed by atoms with van der Waals surface area (Å²) in [6, 6.07) is 9.48. The van der Waals surface area contributed by atoms with Crippen LogP contribution in [0, 0.1) is 11.6 Å². The Kier molecular flexibility index (Phi) is 6.88. The molecule has 0 saturated heterocycles. The highest BCUT2D eigenvalue weighted by molar-refractivity contribution is 9.11. The van der Waals surface area contributed by atoms with Gasteiger partial charge in [0.25, 0.3) is 0 Å². The number of rotatable bonds is 5. The smallest absolute Gasteiger partial charge is 0.126 e. The van der Waals surface area contributed by atoms with E-state index in [-0.39, 0.29) is 10.8 Å². The van der Waals surface area contributed by atoms with E-state index in [4.69, 9.17) is 0 Å². The van der Waals surface area contributed by atoms with Gasteiger partial charge in [-0.3, -0.25) is 4.72 Å². The predicted molar refractivity (Wildman–Crippen MR) is 105 cm³/mol. The van der Waals surface area contributed by atoms with Crippen LogP contribution >= 0.6 is 43.8 Å². The number of hydrogen-bond donors (Lipinski definition) is 1. The van der Waals surface area contributed by atoms with Crippen LogP contribution in [0.25, 0.3) is 0 Å². The molecule has 1 nitrogen and oxygen atoms in total. The molecule has 0 aliphatic rings. The summed E-state index contributed by atoms with van der Waals surface area (Å²) in [5.74, 6) is -1.11. The van der Waals surface area contributed by atoms with Crippen molar-refractivity contribution in [3.8, 4) is 0 Å². The largest absolute Gasteiger partial charge is 0.256 e. The third-order valence-electron chi connectivity index (χ3n) is 3.20. The van der Waals surface area contributed by atoms with Crippen LogP contribution in [-0.4, -0.2) is 4.75 Å². The first-order chi connectivity index (χ1) is 11.1. The fourth-order valence-corrected chi connectivity index (χ4v) is 3.82. The fraction of sp³-hybridized carbons (Fsp3) is 0.333. The van der Waals surface area contributed by atoms with Crippen molar-refractivity contribution in [2.45, 2.75) is 38.0 Å². The molecular weight excluding hydrogens is 460 g/mol. The number of halogens is 4. The Morgan fingerprint density at radius 3 is 2.25 bits per heavy atom. The Balaban J connectivity index is 2.33. The van der Waals surface area contributed by atoms with Gasteiger partial charge < -0.3 is 0 Å². The van der Waals surface area contributed by atoms with Crippen molar-refractivity contribution >= 4 is 43.8 Å². The van der Waals surface area contributed by atoms with E-state index >= 15 is 0 Å². The molecule has 0 fully saturated rings. The highest BCUT2D eigenvalue weighted by Crippen LogP contribution is 2.33. The van der Waals surface area contributed by atoms with Crippen LogP contribution in [0.5, 0.6) is 0 Å². The van der Waals surface area contributed by atoms with Gasteiger partial charge in [-0.1, -0.05) is 43.8 Å². The van der Waals surface area contributed by atoms with E-state index in [1.54, 1.807) is 11.9 Å². The Morgan fingerprint density at radius 1 is 1.04 bits per heavy atom. The molecule has 2 aromatic carbocycles. The molecule has 6 heteroatoms. The van der Waals surface area contributed by atoms with Gasteiger partial charge in [0.15, 0.2) is 0 Å². The highest BCUT2D eigenvalue weighted by Gasteiger charge is 2.20. The van der Waals surface area contributed by atoms with Gasteiger partial charge in [-0.05, 0) is 68.7 Å². The quantitative estimate of drug-likeness (QED) is 0.473. The molecule has 1 atom stereocenters. The Morgan fingerprint density at radius 2 is 1.67 bits per heavy atom. The molecule has 1 N–H and O–H groups in total. The van der Waals surface area contributed by atoms with Crippen LogP contribution < -0.4 is 4.72 Å². The van der Waals surface area contributed by atoms with Gasteiger partial charge in [0.1, 0.15) is 11.6 Å². The highest BCUT2D eigenvalue weighted by atomic mass is 79.9. The van der Waals surface area contributed by atoms with Gasteiger partial charge in [0, 0.05) is 25.8 Å². The van der Waals surface area contributed by atoms with Crippen molar-refractivity contribution in [2.24, 2.45) is 0 Å². The van der Waals surface area contributed by atoms with E-state index in [0.29, 0.717) is 12.0 Å². The summed E-state index contributed by atoms with van der Waals surface area (Å²) in [5.41, 5.74) is 1.65. The first kappa shape index (κ1) is 19.9. The monoisotopic (exact) mass is 477 g/mol. The molecule has 2 aromatic rings. The topological polar surface area (TPSA) is 12.0 Å². The SMILES string of the molecule is CC(C)(C)SNC(Cc1cc(F)cc(F)c1)c1cc(Br)ccc1Br. The maximum Gasteiger partial charge on any atom is 0.126 e. The summed E-state index contributed by atoms with van der Waals surface area (Å²) in [5, 5.41) is 0. The molecule has 0 aromatic heterocycles. The van der Waals surface area contributed by atoms with Crippen LogP contribution in [-0.2, 0) is 6.42 Å². The van der Waals surface area contributed by atoms with Crippen molar-refractivity contribution < 1.29 is 8.78 Å². The summed E-state index contributed by atoms with van der Waals surface area (Å²) in [4.78, 5) is 0. The lowest BCUT2D eigenvalue weighted by atomic mass is 9.99. The molecular formula is C18H19Br2F2NS. The van der Waals surface area contributed by atoms with Gasteiger partial charge in [0.05, 0.1) is 0 Å². The number of nitrogens with one attached hydrogen (secondary N) is 1. The standard InChI is InChI=1S/C18H19Br2F2NS/c1-18(2,3)24-23-17(15-9-12(19)4-5-16(15)20)8-11-6-13(21)10-14(22)7-11/h4-7,9-10,17,23H,8H2,1-3H3. The minimum Gasteiger partial charge on any atom is -0.256 e. The second kappa shape index (κ2) is 8.30. The summed E-state index contributed by atoms with van der Waals surface area (Å²) in [7, 11) is 0. The first-order valence-electron chi connectivity index (χ1n) is 7.47. The molecule has 0 aliphatic carbocycles. The lowest BCUT2D eigenvalue weighted by Gasteiger charge is -2.25. The van der Waals surface area contributed by atoms with Crippen molar-refractivity contribution in [3.63, 3.8) is 0 Å². The van der Waals surface area contributed by atoms with E-state index in [9.17, 15) is 8.78 Å². The molecule has 0 aliphatic heterocycles. The third-order valence-corrected chi connectivity index (χ3v) is 5.43. The molecule has 0 spiro atoms. The average Bonchev–Trinajstić information content (AvgIpc) is 2.44. The summed E-state index contributed by atoms with van der Waals surface area (Å²) in [6.07, 6.45) is 0.479. The molecule has 2 rings (SSSR count). The number of hydrogen-bond acceptors (Lipinski definition) is 2. The van der Waals surface area contributed by atoms with Gasteiger partial charge >= 0.3 is 0 Å². The summed E-state index contributed by atoms with van der Waals surface area (Å²) >= 11 is 8.67. The van der Waals surface area contributed by atoms with E-state index in [2.05, 4.69) is 57.4 Å². The maximum absolute atomic E-state index is 13.5. The van der Waals surface area contributed by atoms with Crippen molar-refractivity contribution in [1.82, 2.24) is 4.72 Å². The second-order valence-electron chi connectivity index (χ2n) is 6.53. The second-order valence-corrected chi connectivity index (χ2v) is 9.97. The Labute approximate surface area is 163 Å². The van der Waals surface area contributed by atoms with Gasteiger partial charge in [-0.25, -0.2) is 8.78 Å². The van der Waals surface area contributed by atoms with Crippen LogP contribution in [0.15, 0.2) is 45.3 Å². The molecule has 24 heavy (non-hydrogen) atoms. The molecule has 0 saturated carbocycles. The molecule has 130 valence electrons. The van der Waals surface area contributed by atoms with Crippen molar-refractivity contribution in [2.75, 3.05) is 0 Å². The lowest BCUT2D eigenvalue weighted by molar-refractivity contribution is 0.573. The van der Waals surface area contributed by atoms with Gasteiger partial charge in [0.2, 0.25) is 0 Å². The van der Waals surface area contributed by atoms with Gasteiger partial charge in [-0.15, -0.1) is 0 Å². The normalized spacial score (nSPS) is 13.1. The van der Waals surface area contributed by atoms with Crippen molar-refractivity contribution in [1.29, 1.82) is 0 Å². The maximum atomic E-state index is 13.5. The Hall–Kier alpha value is -0.430. The van der Waals surface area contributed by atoms with Crippen LogP contribution in [0.3, 0.4) is 0 Å². The third kappa shape index (κ3) is 6.14. The molecule has 0 bridgehead atoms. The zero-order chi connectivity index (χ0) is 17.9. The average molecular weight is 479 g/mol. The van der Waals surface area contributed by atoms with Crippen LogP contribution in [0.1, 0.15) is 37.9 Å². The minimum absolute atomic E-state index is 0.0178. The zero-order valence-corrected chi connectivity index (χ0v) is 17.7. The Bertz CT molecular complexity index is 696. The minimum atomic E-state index is -0.555. The van der Waals surface area contributed by atoms with E-state index in [0.717, 1.165) is 20.6 Å². The van der Waals surface area contributed by atoms with Crippen LogP contribution in [0.2, 0.25) is 0 Å². The lowest BCUT2D eigenvalue weighted by Crippen LogP contribution is -2.23. The first-order valence-corrected chi connectivity index (χ1v) is 9.88. The molecule has 0 heterocycles. The van der Waals surface area contributed by atoms with Gasteiger partial charge in [-0.2, -0.15) is 0 Å². The van der Waals surface area contributed by atoms with Crippen molar-refractivity contribution in [3.05, 3.63) is 68.1 Å². The van der Waals surface area contributed by atoms with E-state index < -0.39 is 11.6 Å².